The Bertz CT molecular complexity index is 959. The molecule has 2 rings (SSSR count). The Hall–Kier alpha value is -2.46. The van der Waals surface area contributed by atoms with Gasteiger partial charge in [-0.1, -0.05) is 6.07 Å². The van der Waals surface area contributed by atoms with E-state index in [4.69, 9.17) is 0 Å². The molecule has 1 atom stereocenters. The van der Waals surface area contributed by atoms with Gasteiger partial charge >= 0.3 is 6.18 Å². The molecule has 0 spiro atoms. The van der Waals surface area contributed by atoms with Gasteiger partial charge in [-0.2, -0.15) is 17.9 Å². The highest BCUT2D eigenvalue weighted by Crippen LogP contribution is 2.22. The van der Waals surface area contributed by atoms with Gasteiger partial charge in [-0.05, 0) is 55.8 Å². The Balaban J connectivity index is 2.23. The lowest BCUT2D eigenvalue weighted by Gasteiger charge is -2.17. The molecule has 0 aliphatic rings. The second kappa shape index (κ2) is 7.65. The number of rotatable bonds is 5. The summed E-state index contributed by atoms with van der Waals surface area (Å²) in [6.07, 6.45) is -4.75. The van der Waals surface area contributed by atoms with Gasteiger partial charge in [0.1, 0.15) is 11.9 Å². The average molecular weight is 404 g/mol. The maximum absolute atomic E-state index is 13.3. The number of hydrogen-bond acceptors (Lipinski definition) is 3. The summed E-state index contributed by atoms with van der Waals surface area (Å²) in [5, 5.41) is 2.47. The fraction of sp³-hybridized carbons (Fsp3) is 0.235. The van der Waals surface area contributed by atoms with Crippen LogP contribution in [0.2, 0.25) is 0 Å². The number of carbonyl (C=O) groups excluding carboxylic acids is 1. The zero-order valence-corrected chi connectivity index (χ0v) is 15.1. The van der Waals surface area contributed by atoms with Crippen molar-refractivity contribution in [2.24, 2.45) is 0 Å². The minimum atomic E-state index is -4.75. The number of hydrogen-bond donors (Lipinski definition) is 2. The van der Waals surface area contributed by atoms with Gasteiger partial charge in [0.2, 0.25) is 10.0 Å². The number of aryl methyl sites for hydroxylation is 1. The molecule has 0 aliphatic heterocycles. The molecule has 0 fully saturated rings. The molecular weight excluding hydrogens is 388 g/mol. The first-order valence-electron chi connectivity index (χ1n) is 7.67. The van der Waals surface area contributed by atoms with Crippen LogP contribution >= 0.6 is 0 Å². The summed E-state index contributed by atoms with van der Waals surface area (Å²) in [5.41, 5.74) is 0.505. The van der Waals surface area contributed by atoms with Crippen molar-refractivity contribution in [3.05, 3.63) is 59.4 Å². The fourth-order valence-electron chi connectivity index (χ4n) is 2.10. The van der Waals surface area contributed by atoms with E-state index in [2.05, 4.69) is 5.32 Å². The molecule has 5 nitrogen and oxygen atoms in total. The summed E-state index contributed by atoms with van der Waals surface area (Å²) in [7, 11) is -4.48. The van der Waals surface area contributed by atoms with Crippen LogP contribution in [0.4, 0.5) is 23.2 Å². The van der Waals surface area contributed by atoms with Gasteiger partial charge in [0.25, 0.3) is 5.91 Å². The van der Waals surface area contributed by atoms with Crippen molar-refractivity contribution >= 4 is 21.6 Å². The maximum Gasteiger partial charge on any atom is 0.404 e. The van der Waals surface area contributed by atoms with E-state index in [1.807, 2.05) is 0 Å². The molecule has 2 N–H and O–H groups in total. The summed E-state index contributed by atoms with van der Waals surface area (Å²) < 4.78 is 76.8. The van der Waals surface area contributed by atoms with Gasteiger partial charge in [-0.3, -0.25) is 4.79 Å². The summed E-state index contributed by atoms with van der Waals surface area (Å²) in [4.78, 5) is 11.8. The van der Waals surface area contributed by atoms with Crippen LogP contribution in [0.3, 0.4) is 0 Å². The highest BCUT2D eigenvalue weighted by Gasteiger charge is 2.38. The highest BCUT2D eigenvalue weighted by atomic mass is 32.2. The second-order valence-electron chi connectivity index (χ2n) is 5.83. The van der Waals surface area contributed by atoms with Gasteiger partial charge in [-0.15, -0.1) is 0 Å². The lowest BCUT2D eigenvalue weighted by Crippen LogP contribution is -2.43. The first-order chi connectivity index (χ1) is 12.4. The Morgan fingerprint density at radius 2 is 1.78 bits per heavy atom. The fourth-order valence-corrected chi connectivity index (χ4v) is 3.37. The third kappa shape index (κ3) is 5.27. The zero-order chi connectivity index (χ0) is 20.4. The molecule has 0 heterocycles. The Kier molecular flexibility index (Phi) is 5.91. The van der Waals surface area contributed by atoms with Gasteiger partial charge in [-0.25, -0.2) is 12.8 Å². The van der Waals surface area contributed by atoms with Gasteiger partial charge in [0.05, 0.1) is 4.90 Å². The zero-order valence-electron chi connectivity index (χ0n) is 14.3. The second-order valence-corrected chi connectivity index (χ2v) is 7.54. The number of alkyl halides is 3. The van der Waals surface area contributed by atoms with E-state index in [1.165, 1.54) is 35.9 Å². The van der Waals surface area contributed by atoms with Crippen LogP contribution in [-0.2, 0) is 10.0 Å². The van der Waals surface area contributed by atoms with Crippen LogP contribution in [0.15, 0.2) is 47.4 Å². The summed E-state index contributed by atoms with van der Waals surface area (Å²) in [5.74, 6) is -1.15. The topological polar surface area (TPSA) is 75.3 Å². The molecule has 0 unspecified atom stereocenters. The van der Waals surface area contributed by atoms with Gasteiger partial charge in [0.15, 0.2) is 0 Å². The lowest BCUT2D eigenvalue weighted by atomic mass is 10.2. The summed E-state index contributed by atoms with van der Waals surface area (Å²) in [6, 6.07) is 6.15. The van der Waals surface area contributed by atoms with Crippen LogP contribution < -0.4 is 10.0 Å². The molecule has 10 heteroatoms. The molecule has 0 saturated heterocycles. The Labute approximate surface area is 153 Å². The molecular formula is C17H16F4N2O3S. The number of amides is 1. The maximum atomic E-state index is 13.3. The number of halogens is 4. The molecule has 27 heavy (non-hydrogen) atoms. The molecule has 0 radical (unpaired) electrons. The summed E-state index contributed by atoms with van der Waals surface area (Å²) in [6.45, 7) is 2.18. The number of benzene rings is 2. The minimum absolute atomic E-state index is 0.0838. The van der Waals surface area contributed by atoms with E-state index in [9.17, 15) is 30.8 Å². The van der Waals surface area contributed by atoms with Crippen LogP contribution in [0.25, 0.3) is 0 Å². The van der Waals surface area contributed by atoms with Crippen molar-refractivity contribution < 1.29 is 30.8 Å². The first kappa shape index (κ1) is 20.8. The normalized spacial score (nSPS) is 13.3. The van der Waals surface area contributed by atoms with Crippen molar-refractivity contribution in [3.8, 4) is 0 Å². The third-order valence-corrected chi connectivity index (χ3v) is 5.18. The van der Waals surface area contributed by atoms with E-state index < -0.39 is 38.9 Å². The van der Waals surface area contributed by atoms with Crippen molar-refractivity contribution in [1.29, 1.82) is 0 Å². The van der Waals surface area contributed by atoms with Crippen molar-refractivity contribution in [3.63, 3.8) is 0 Å². The SMILES string of the molecule is Cc1cc(NC(=O)c2cccc(S(=O)(=O)N[C@H](C)C(F)(F)F)c2)ccc1F. The van der Waals surface area contributed by atoms with Crippen molar-refractivity contribution in [2.45, 2.75) is 31.0 Å². The predicted molar refractivity (Wildman–Crippen MR) is 91.4 cm³/mol. The largest absolute Gasteiger partial charge is 0.404 e. The van der Waals surface area contributed by atoms with Crippen molar-refractivity contribution in [1.82, 2.24) is 4.72 Å². The average Bonchev–Trinajstić information content (AvgIpc) is 2.57. The molecule has 0 saturated carbocycles. The standard InChI is InChI=1S/C17H16F4N2O3S/c1-10-8-13(6-7-15(10)18)22-16(24)12-4-3-5-14(9-12)27(25,26)23-11(2)17(19,20)21/h3-9,11,23H,1-2H3,(H,22,24)/t11-/m1/s1. The first-order valence-corrected chi connectivity index (χ1v) is 9.15. The Morgan fingerprint density at radius 1 is 1.11 bits per heavy atom. The molecule has 0 aromatic heterocycles. The number of carbonyl (C=O) groups is 1. The van der Waals surface area contributed by atoms with E-state index in [-0.39, 0.29) is 11.3 Å². The van der Waals surface area contributed by atoms with Crippen LogP contribution in [0.1, 0.15) is 22.8 Å². The van der Waals surface area contributed by atoms with Gasteiger partial charge in [0, 0.05) is 11.3 Å². The molecule has 0 bridgehead atoms. The van der Waals surface area contributed by atoms with E-state index >= 15 is 0 Å². The number of anilines is 1. The molecule has 2 aromatic carbocycles. The van der Waals surface area contributed by atoms with Crippen LogP contribution in [-0.4, -0.2) is 26.5 Å². The van der Waals surface area contributed by atoms with Crippen LogP contribution in [0.5, 0.6) is 0 Å². The predicted octanol–water partition coefficient (Wildman–Crippen LogP) is 3.62. The van der Waals surface area contributed by atoms with Crippen molar-refractivity contribution in [2.75, 3.05) is 5.32 Å². The molecule has 2 aromatic rings. The third-order valence-electron chi connectivity index (χ3n) is 3.65. The lowest BCUT2D eigenvalue weighted by molar-refractivity contribution is -0.147. The van der Waals surface area contributed by atoms with Crippen LogP contribution in [0, 0.1) is 12.7 Å². The number of nitrogens with one attached hydrogen (secondary N) is 2. The Morgan fingerprint density at radius 3 is 2.37 bits per heavy atom. The number of sulfonamides is 1. The monoisotopic (exact) mass is 404 g/mol. The smallest absolute Gasteiger partial charge is 0.322 e. The quantitative estimate of drug-likeness (QED) is 0.748. The molecule has 0 aliphatic carbocycles. The molecule has 146 valence electrons. The highest BCUT2D eigenvalue weighted by molar-refractivity contribution is 7.89. The molecule has 1 amide bonds. The van der Waals surface area contributed by atoms with Gasteiger partial charge < -0.3 is 5.32 Å². The van der Waals surface area contributed by atoms with E-state index in [1.54, 1.807) is 0 Å². The van der Waals surface area contributed by atoms with E-state index in [0.29, 0.717) is 12.5 Å². The van der Waals surface area contributed by atoms with E-state index in [0.717, 1.165) is 18.2 Å². The summed E-state index contributed by atoms with van der Waals surface area (Å²) >= 11 is 0. The minimum Gasteiger partial charge on any atom is -0.322 e.